The van der Waals surface area contributed by atoms with Gasteiger partial charge in [0.25, 0.3) is 0 Å². The molecule has 2 amide bonds. The summed E-state index contributed by atoms with van der Waals surface area (Å²) < 4.78 is 7.05. The van der Waals surface area contributed by atoms with Gasteiger partial charge in [0.2, 0.25) is 5.16 Å². The number of ether oxygens (including phenoxy) is 1. The van der Waals surface area contributed by atoms with Gasteiger partial charge in [-0.3, -0.25) is 0 Å². The molecule has 0 spiro atoms. The van der Waals surface area contributed by atoms with E-state index in [1.54, 1.807) is 35.9 Å². The lowest BCUT2D eigenvalue weighted by Gasteiger charge is -2.29. The third-order valence-corrected chi connectivity index (χ3v) is 5.77. The second-order valence-electron chi connectivity index (χ2n) is 6.62. The van der Waals surface area contributed by atoms with E-state index in [1.807, 2.05) is 0 Å². The first-order chi connectivity index (χ1) is 14.1. The molecular weight excluding hydrogens is 416 g/mol. The number of thioether (sulfide) groups is 1. The molecule has 1 unspecified atom stereocenters. The number of aromatic nitrogens is 4. The zero-order valence-electron chi connectivity index (χ0n) is 15.6. The quantitative estimate of drug-likeness (QED) is 0.509. The maximum Gasteiger partial charge on any atom is 0.338 e. The normalized spacial score (nSPS) is 19.0. The molecule has 1 saturated carbocycles. The van der Waals surface area contributed by atoms with Crippen LogP contribution in [-0.2, 0) is 9.53 Å². The molecule has 1 aromatic carbocycles. The fourth-order valence-electron chi connectivity index (χ4n) is 3.05. The van der Waals surface area contributed by atoms with Crippen molar-refractivity contribution < 1.29 is 14.3 Å². The first kappa shape index (κ1) is 19.7. The minimum Gasteiger partial charge on any atom is -0.463 e. The highest BCUT2D eigenvalue weighted by molar-refractivity contribution is 7.99. The van der Waals surface area contributed by atoms with Crippen LogP contribution < -0.4 is 10.6 Å². The van der Waals surface area contributed by atoms with E-state index in [-0.39, 0.29) is 6.61 Å². The van der Waals surface area contributed by atoms with E-state index in [4.69, 9.17) is 16.3 Å². The van der Waals surface area contributed by atoms with Crippen molar-refractivity contribution in [2.75, 3.05) is 12.4 Å². The van der Waals surface area contributed by atoms with Crippen LogP contribution >= 0.6 is 23.4 Å². The fourth-order valence-corrected chi connectivity index (χ4v) is 4.09. The maximum atomic E-state index is 12.8. The molecule has 152 valence electrons. The van der Waals surface area contributed by atoms with E-state index < -0.39 is 18.0 Å². The Morgan fingerprint density at radius 3 is 2.79 bits per heavy atom. The lowest BCUT2D eigenvalue weighted by atomic mass is 9.95. The van der Waals surface area contributed by atoms with Gasteiger partial charge in [-0.2, -0.15) is 0 Å². The highest BCUT2D eigenvalue weighted by Crippen LogP contribution is 2.37. The number of halogens is 1. The van der Waals surface area contributed by atoms with Crippen molar-refractivity contribution in [2.24, 2.45) is 0 Å². The predicted molar refractivity (Wildman–Crippen MR) is 106 cm³/mol. The molecule has 0 saturated heterocycles. The van der Waals surface area contributed by atoms with E-state index in [2.05, 4.69) is 26.2 Å². The molecule has 29 heavy (non-hydrogen) atoms. The van der Waals surface area contributed by atoms with Gasteiger partial charge in [0, 0.05) is 16.5 Å². The van der Waals surface area contributed by atoms with Gasteiger partial charge in [-0.05, 0) is 47.9 Å². The molecule has 2 aliphatic rings. The topological polar surface area (TPSA) is 111 Å². The van der Waals surface area contributed by atoms with Crippen LogP contribution in [0.5, 0.6) is 0 Å². The summed E-state index contributed by atoms with van der Waals surface area (Å²) >= 11 is 7.35. The number of hydrogen-bond acceptors (Lipinski definition) is 7. The number of esters is 1. The Labute approximate surface area is 176 Å². The van der Waals surface area contributed by atoms with E-state index >= 15 is 0 Å². The largest absolute Gasteiger partial charge is 0.463 e. The number of carbonyl (C=O) groups is 2. The van der Waals surface area contributed by atoms with E-state index in [1.165, 1.54) is 11.8 Å². The smallest absolute Gasteiger partial charge is 0.338 e. The van der Waals surface area contributed by atoms with Gasteiger partial charge in [0.1, 0.15) is 0 Å². The predicted octanol–water partition coefficient (Wildman–Crippen LogP) is 2.62. The van der Waals surface area contributed by atoms with Crippen LogP contribution in [-0.4, -0.2) is 44.6 Å². The Kier molecular flexibility index (Phi) is 5.72. The van der Waals surface area contributed by atoms with Gasteiger partial charge in [0.15, 0.2) is 0 Å². The standard InChI is InChI=1S/C18H19ClN6O3S/c1-2-28-16(26)14-13(9-29-18-22-23-24-25(18)12-7-8-12)20-17(27)21-15(14)10-3-5-11(19)6-4-10/h3-6,12,15H,2,7-9H2,1H3,(H2,20,21,27). The molecular formula is C18H19ClN6O3S. The molecule has 2 aromatic rings. The monoisotopic (exact) mass is 434 g/mol. The summed E-state index contributed by atoms with van der Waals surface area (Å²) in [6.07, 6.45) is 2.10. The first-order valence-electron chi connectivity index (χ1n) is 9.20. The maximum absolute atomic E-state index is 12.8. The fraction of sp³-hybridized carbons (Fsp3) is 0.389. The third-order valence-electron chi connectivity index (χ3n) is 4.55. The van der Waals surface area contributed by atoms with Gasteiger partial charge < -0.3 is 15.4 Å². The highest BCUT2D eigenvalue weighted by Gasteiger charge is 2.34. The summed E-state index contributed by atoms with van der Waals surface area (Å²) in [5.74, 6) is -0.170. The van der Waals surface area contributed by atoms with Crippen molar-refractivity contribution in [1.29, 1.82) is 0 Å². The summed E-state index contributed by atoms with van der Waals surface area (Å²) in [7, 11) is 0. The molecule has 4 rings (SSSR count). The minimum absolute atomic E-state index is 0.226. The summed E-state index contributed by atoms with van der Waals surface area (Å²) in [6, 6.07) is 6.27. The van der Waals surface area contributed by atoms with E-state index in [0.29, 0.717) is 33.2 Å². The van der Waals surface area contributed by atoms with Crippen molar-refractivity contribution in [3.63, 3.8) is 0 Å². The SMILES string of the molecule is CCOC(=O)C1=C(CSc2nnnn2C2CC2)NC(=O)NC1c1ccc(Cl)cc1. The molecule has 9 nitrogen and oxygen atoms in total. The summed E-state index contributed by atoms with van der Waals surface area (Å²) in [5.41, 5.74) is 1.56. The molecule has 0 bridgehead atoms. The van der Waals surface area contributed by atoms with Crippen molar-refractivity contribution >= 4 is 35.4 Å². The van der Waals surface area contributed by atoms with Crippen LogP contribution in [0, 0.1) is 0 Å². The van der Waals surface area contributed by atoms with E-state index in [9.17, 15) is 9.59 Å². The zero-order valence-corrected chi connectivity index (χ0v) is 17.2. The highest BCUT2D eigenvalue weighted by atomic mass is 35.5. The summed E-state index contributed by atoms with van der Waals surface area (Å²) in [5, 5.41) is 18.6. The average Bonchev–Trinajstić information content (AvgIpc) is 3.44. The minimum atomic E-state index is -0.643. The van der Waals surface area contributed by atoms with Gasteiger partial charge in [-0.25, -0.2) is 14.3 Å². The van der Waals surface area contributed by atoms with Crippen molar-refractivity contribution in [3.05, 3.63) is 46.1 Å². The first-order valence-corrected chi connectivity index (χ1v) is 10.6. The second kappa shape index (κ2) is 8.42. The molecule has 11 heteroatoms. The van der Waals surface area contributed by atoms with Crippen molar-refractivity contribution in [1.82, 2.24) is 30.8 Å². The number of carbonyl (C=O) groups excluding carboxylic acids is 2. The third kappa shape index (κ3) is 4.38. The number of benzene rings is 1. The molecule has 1 atom stereocenters. The molecule has 2 N–H and O–H groups in total. The molecule has 1 aliphatic carbocycles. The van der Waals surface area contributed by atoms with Crippen LogP contribution in [0.15, 0.2) is 40.7 Å². The van der Waals surface area contributed by atoms with E-state index in [0.717, 1.165) is 18.4 Å². The molecule has 1 fully saturated rings. The Morgan fingerprint density at radius 2 is 2.10 bits per heavy atom. The number of nitrogens with one attached hydrogen (secondary N) is 2. The number of nitrogens with zero attached hydrogens (tertiary/aromatic N) is 4. The summed E-state index contributed by atoms with van der Waals surface area (Å²) in [6.45, 7) is 1.97. The molecule has 1 aromatic heterocycles. The van der Waals surface area contributed by atoms with Crippen LogP contribution in [0.4, 0.5) is 4.79 Å². The Morgan fingerprint density at radius 1 is 1.34 bits per heavy atom. The zero-order chi connectivity index (χ0) is 20.4. The molecule has 2 heterocycles. The van der Waals surface area contributed by atoms with Gasteiger partial charge in [-0.1, -0.05) is 35.5 Å². The Hall–Kier alpha value is -2.59. The van der Waals surface area contributed by atoms with Crippen molar-refractivity contribution in [2.45, 2.75) is 37.0 Å². The van der Waals surface area contributed by atoms with Crippen LogP contribution in [0.2, 0.25) is 5.02 Å². The van der Waals surface area contributed by atoms with Gasteiger partial charge in [-0.15, -0.1) is 5.10 Å². The van der Waals surface area contributed by atoms with Gasteiger partial charge >= 0.3 is 12.0 Å². The molecule has 1 aliphatic heterocycles. The summed E-state index contributed by atoms with van der Waals surface area (Å²) in [4.78, 5) is 25.1. The Balaban J connectivity index is 1.65. The number of rotatable bonds is 7. The van der Waals surface area contributed by atoms with Crippen LogP contribution in [0.3, 0.4) is 0 Å². The van der Waals surface area contributed by atoms with Crippen LogP contribution in [0.25, 0.3) is 0 Å². The number of hydrogen-bond donors (Lipinski definition) is 2. The lowest BCUT2D eigenvalue weighted by Crippen LogP contribution is -2.46. The Bertz CT molecular complexity index is 957. The number of tetrazole rings is 1. The lowest BCUT2D eigenvalue weighted by molar-refractivity contribution is -0.139. The number of urea groups is 1. The van der Waals surface area contributed by atoms with Crippen molar-refractivity contribution in [3.8, 4) is 0 Å². The number of amides is 2. The van der Waals surface area contributed by atoms with Gasteiger partial charge in [0.05, 0.1) is 24.3 Å². The second-order valence-corrected chi connectivity index (χ2v) is 8.00. The average molecular weight is 435 g/mol. The molecule has 0 radical (unpaired) electrons. The van der Waals surface area contributed by atoms with Crippen LogP contribution in [0.1, 0.15) is 37.4 Å².